The molecule has 1 saturated heterocycles. The maximum atomic E-state index is 5.90. The first-order chi connectivity index (χ1) is 11.1. The van der Waals surface area contributed by atoms with E-state index in [2.05, 4.69) is 33.2 Å². The second-order valence-electron chi connectivity index (χ2n) is 5.73. The fourth-order valence-electron chi connectivity index (χ4n) is 2.76. The summed E-state index contributed by atoms with van der Waals surface area (Å²) in [4.78, 5) is 2.36. The first-order valence-electron chi connectivity index (χ1n) is 7.94. The van der Waals surface area contributed by atoms with Gasteiger partial charge >= 0.3 is 0 Å². The van der Waals surface area contributed by atoms with Gasteiger partial charge in [0.05, 0.1) is 38.1 Å². The molecule has 3 rings (SSSR count). The van der Waals surface area contributed by atoms with Crippen LogP contribution in [0.3, 0.4) is 0 Å². The van der Waals surface area contributed by atoms with E-state index in [1.54, 1.807) is 0 Å². The van der Waals surface area contributed by atoms with Crippen LogP contribution in [0.25, 0.3) is 0 Å². The number of hydrogen-bond acceptors (Lipinski definition) is 7. The lowest BCUT2D eigenvalue weighted by atomic mass is 10.2. The van der Waals surface area contributed by atoms with E-state index in [1.807, 2.05) is 18.5 Å². The highest BCUT2D eigenvalue weighted by molar-refractivity contribution is 7.13. The fraction of sp³-hybridized carbons (Fsp3) is 0.667. The maximum absolute atomic E-state index is 5.90. The van der Waals surface area contributed by atoms with Gasteiger partial charge in [-0.25, -0.2) is 0 Å². The molecule has 0 N–H and O–H groups in total. The number of aryl methyl sites for hydroxylation is 2. The van der Waals surface area contributed by atoms with Crippen LogP contribution in [0.1, 0.15) is 23.3 Å². The van der Waals surface area contributed by atoms with Crippen molar-refractivity contribution < 1.29 is 9.47 Å². The smallest absolute Gasteiger partial charge is 0.294 e. The van der Waals surface area contributed by atoms with Crippen molar-refractivity contribution in [1.29, 1.82) is 0 Å². The SMILES string of the molecule is CCOc1nnc(CN2CCO[C@H](Cn3nc(C)cc3C)C2)s1. The highest BCUT2D eigenvalue weighted by Gasteiger charge is 2.23. The number of hydrogen-bond donors (Lipinski definition) is 0. The Morgan fingerprint density at radius 2 is 2.26 bits per heavy atom. The molecule has 1 fully saturated rings. The molecule has 1 aliphatic rings. The molecule has 0 unspecified atom stereocenters. The highest BCUT2D eigenvalue weighted by Crippen LogP contribution is 2.20. The van der Waals surface area contributed by atoms with Crippen molar-refractivity contribution in [2.24, 2.45) is 0 Å². The average molecular weight is 337 g/mol. The van der Waals surface area contributed by atoms with Crippen molar-refractivity contribution in [1.82, 2.24) is 24.9 Å². The molecule has 1 atom stereocenters. The van der Waals surface area contributed by atoms with Gasteiger partial charge in [-0.2, -0.15) is 5.10 Å². The van der Waals surface area contributed by atoms with E-state index in [0.717, 1.165) is 43.5 Å². The van der Waals surface area contributed by atoms with Crippen LogP contribution in [0.4, 0.5) is 0 Å². The van der Waals surface area contributed by atoms with E-state index in [9.17, 15) is 0 Å². The minimum absolute atomic E-state index is 0.154. The maximum Gasteiger partial charge on any atom is 0.294 e. The Morgan fingerprint density at radius 3 is 3.00 bits per heavy atom. The highest BCUT2D eigenvalue weighted by atomic mass is 32.1. The summed E-state index contributed by atoms with van der Waals surface area (Å²) in [5, 5.41) is 14.4. The Balaban J connectivity index is 1.56. The third-order valence-electron chi connectivity index (χ3n) is 3.78. The predicted octanol–water partition coefficient (Wildman–Crippen LogP) is 1.65. The molecule has 2 aromatic heterocycles. The molecule has 0 aliphatic carbocycles. The van der Waals surface area contributed by atoms with Gasteiger partial charge in [0.15, 0.2) is 0 Å². The van der Waals surface area contributed by atoms with E-state index in [0.29, 0.717) is 11.8 Å². The zero-order valence-electron chi connectivity index (χ0n) is 13.9. The zero-order valence-corrected chi connectivity index (χ0v) is 14.7. The van der Waals surface area contributed by atoms with Crippen LogP contribution in [0, 0.1) is 13.8 Å². The predicted molar refractivity (Wildman–Crippen MR) is 87.8 cm³/mol. The molecule has 3 heterocycles. The first-order valence-corrected chi connectivity index (χ1v) is 8.76. The van der Waals surface area contributed by atoms with Gasteiger partial charge in [0.25, 0.3) is 5.19 Å². The summed E-state index contributed by atoms with van der Waals surface area (Å²) in [6.45, 7) is 10.8. The molecular formula is C15H23N5O2S. The van der Waals surface area contributed by atoms with Crippen LogP contribution in [0.2, 0.25) is 0 Å². The molecule has 0 saturated carbocycles. The summed E-state index contributed by atoms with van der Waals surface area (Å²) in [7, 11) is 0. The number of rotatable bonds is 6. The summed E-state index contributed by atoms with van der Waals surface area (Å²) in [5.74, 6) is 0. The van der Waals surface area contributed by atoms with Crippen LogP contribution in [0.5, 0.6) is 5.19 Å². The topological polar surface area (TPSA) is 65.3 Å². The van der Waals surface area contributed by atoms with Crippen LogP contribution in [-0.4, -0.2) is 57.3 Å². The Morgan fingerprint density at radius 1 is 1.39 bits per heavy atom. The summed E-state index contributed by atoms with van der Waals surface area (Å²) < 4.78 is 13.3. The number of ether oxygens (including phenoxy) is 2. The third-order valence-corrected chi connectivity index (χ3v) is 4.60. The molecule has 2 aromatic rings. The lowest BCUT2D eigenvalue weighted by Gasteiger charge is -2.32. The number of nitrogens with zero attached hydrogens (tertiary/aromatic N) is 5. The Hall–Kier alpha value is -1.51. The summed E-state index contributed by atoms with van der Waals surface area (Å²) >= 11 is 1.52. The van der Waals surface area contributed by atoms with Crippen LogP contribution in [-0.2, 0) is 17.8 Å². The van der Waals surface area contributed by atoms with Gasteiger partial charge in [0, 0.05) is 18.8 Å². The Labute approximate surface area is 140 Å². The van der Waals surface area contributed by atoms with Crippen molar-refractivity contribution >= 4 is 11.3 Å². The molecule has 7 nitrogen and oxygen atoms in total. The lowest BCUT2D eigenvalue weighted by molar-refractivity contribution is -0.0405. The van der Waals surface area contributed by atoms with E-state index in [-0.39, 0.29) is 6.10 Å². The Kier molecular flexibility index (Phi) is 5.24. The molecule has 0 spiro atoms. The van der Waals surface area contributed by atoms with Crippen molar-refractivity contribution in [3.8, 4) is 5.19 Å². The van der Waals surface area contributed by atoms with Gasteiger partial charge in [-0.3, -0.25) is 9.58 Å². The molecule has 0 radical (unpaired) electrons. The minimum atomic E-state index is 0.154. The van der Waals surface area contributed by atoms with Gasteiger partial charge < -0.3 is 9.47 Å². The van der Waals surface area contributed by atoms with Gasteiger partial charge in [-0.1, -0.05) is 11.3 Å². The summed E-state index contributed by atoms with van der Waals surface area (Å²) in [6, 6.07) is 2.09. The minimum Gasteiger partial charge on any atom is -0.469 e. The second kappa shape index (κ2) is 7.37. The normalized spacial score (nSPS) is 19.2. The lowest BCUT2D eigenvalue weighted by Crippen LogP contribution is -2.43. The van der Waals surface area contributed by atoms with Crippen LogP contribution >= 0.6 is 11.3 Å². The Bertz CT molecular complexity index is 642. The van der Waals surface area contributed by atoms with Gasteiger partial charge in [0.1, 0.15) is 5.01 Å². The molecule has 1 aliphatic heterocycles. The number of morpholine rings is 1. The third kappa shape index (κ3) is 4.27. The van der Waals surface area contributed by atoms with Crippen molar-refractivity contribution in [3.63, 3.8) is 0 Å². The first kappa shape index (κ1) is 16.4. The fourth-order valence-corrected chi connectivity index (χ4v) is 3.55. The molecule has 0 amide bonds. The van der Waals surface area contributed by atoms with E-state index < -0.39 is 0 Å². The molecule has 23 heavy (non-hydrogen) atoms. The van der Waals surface area contributed by atoms with E-state index in [1.165, 1.54) is 17.0 Å². The molecule has 8 heteroatoms. The standard InChI is InChI=1S/C15H23N5O2S/c1-4-21-15-17-16-14(23-15)10-19-5-6-22-13(8-19)9-20-12(3)7-11(2)18-20/h7,13H,4-6,8-10H2,1-3H3/t13-/m0/s1. The van der Waals surface area contributed by atoms with Gasteiger partial charge in [-0.05, 0) is 26.8 Å². The zero-order chi connectivity index (χ0) is 16.2. The monoisotopic (exact) mass is 337 g/mol. The molecule has 0 aromatic carbocycles. The van der Waals surface area contributed by atoms with Crippen molar-refractivity contribution in [3.05, 3.63) is 22.5 Å². The molecule has 126 valence electrons. The quantitative estimate of drug-likeness (QED) is 0.799. The van der Waals surface area contributed by atoms with Gasteiger partial charge in [0.2, 0.25) is 0 Å². The van der Waals surface area contributed by atoms with Crippen LogP contribution in [0.15, 0.2) is 6.07 Å². The average Bonchev–Trinajstić information content (AvgIpc) is 3.07. The van der Waals surface area contributed by atoms with E-state index >= 15 is 0 Å². The molecule has 0 bridgehead atoms. The largest absolute Gasteiger partial charge is 0.469 e. The van der Waals surface area contributed by atoms with E-state index in [4.69, 9.17) is 9.47 Å². The summed E-state index contributed by atoms with van der Waals surface area (Å²) in [5.41, 5.74) is 2.22. The van der Waals surface area contributed by atoms with Crippen molar-refractivity contribution in [2.45, 2.75) is 40.0 Å². The number of aromatic nitrogens is 4. The van der Waals surface area contributed by atoms with Gasteiger partial charge in [-0.15, -0.1) is 10.2 Å². The van der Waals surface area contributed by atoms with Crippen molar-refractivity contribution in [2.75, 3.05) is 26.3 Å². The molecular weight excluding hydrogens is 314 g/mol. The second-order valence-corrected chi connectivity index (χ2v) is 6.76. The summed E-state index contributed by atoms with van der Waals surface area (Å²) in [6.07, 6.45) is 0.154. The van der Waals surface area contributed by atoms with Crippen LogP contribution < -0.4 is 4.74 Å².